The maximum atomic E-state index is 12.2. The van der Waals surface area contributed by atoms with Crippen LogP contribution in [0.3, 0.4) is 0 Å². The molecule has 1 N–H and O–H groups in total. The molecular formula is C13H20N2O3. The Hall–Kier alpha value is -1.36. The van der Waals surface area contributed by atoms with E-state index in [1.54, 1.807) is 0 Å². The molecule has 18 heavy (non-hydrogen) atoms. The fourth-order valence-corrected chi connectivity index (χ4v) is 2.30. The highest BCUT2D eigenvalue weighted by Crippen LogP contribution is 2.25. The molecule has 1 aromatic rings. The summed E-state index contributed by atoms with van der Waals surface area (Å²) < 4.78 is 10.6. The van der Waals surface area contributed by atoms with E-state index >= 15 is 0 Å². The first-order chi connectivity index (χ1) is 8.63. The first-order valence-corrected chi connectivity index (χ1v) is 6.51. The molecule has 0 bridgehead atoms. The number of nitrogens with zero attached hydrogens (tertiary/aromatic N) is 1. The van der Waals surface area contributed by atoms with Crippen molar-refractivity contribution in [1.82, 2.24) is 5.16 Å². The van der Waals surface area contributed by atoms with Gasteiger partial charge in [0.1, 0.15) is 11.4 Å². The monoisotopic (exact) mass is 252 g/mol. The van der Waals surface area contributed by atoms with E-state index in [4.69, 9.17) is 9.26 Å². The number of nitrogens with one attached hydrogen (secondary N) is 1. The van der Waals surface area contributed by atoms with Crippen molar-refractivity contribution in [2.45, 2.75) is 46.1 Å². The van der Waals surface area contributed by atoms with Crippen LogP contribution in [0.5, 0.6) is 0 Å². The molecule has 0 spiro atoms. The predicted octanol–water partition coefficient (Wildman–Crippen LogP) is 2.30. The third-order valence-electron chi connectivity index (χ3n) is 3.46. The number of aromatic nitrogens is 1. The summed E-state index contributed by atoms with van der Waals surface area (Å²) in [5, 5.41) is 6.87. The summed E-state index contributed by atoms with van der Waals surface area (Å²) in [6.45, 7) is 6.49. The SMILES string of the molecule is CCc1noc(C)c1NC(=O)C1CCCOC1C. The van der Waals surface area contributed by atoms with Crippen LogP contribution >= 0.6 is 0 Å². The second-order valence-corrected chi connectivity index (χ2v) is 4.73. The average Bonchev–Trinajstić information content (AvgIpc) is 2.71. The van der Waals surface area contributed by atoms with Gasteiger partial charge in [0.2, 0.25) is 5.91 Å². The Bertz CT molecular complexity index is 428. The summed E-state index contributed by atoms with van der Waals surface area (Å²) in [5.74, 6) is 0.575. The molecule has 1 aromatic heterocycles. The first-order valence-electron chi connectivity index (χ1n) is 6.51. The molecule has 1 amide bonds. The summed E-state index contributed by atoms with van der Waals surface area (Å²) in [7, 11) is 0. The van der Waals surface area contributed by atoms with Crippen molar-refractivity contribution in [1.29, 1.82) is 0 Å². The summed E-state index contributed by atoms with van der Waals surface area (Å²) >= 11 is 0. The van der Waals surface area contributed by atoms with Crippen LogP contribution in [0, 0.1) is 12.8 Å². The van der Waals surface area contributed by atoms with Crippen LogP contribution in [0.2, 0.25) is 0 Å². The molecule has 1 saturated heterocycles. The number of amides is 1. The van der Waals surface area contributed by atoms with Gasteiger partial charge in [-0.25, -0.2) is 0 Å². The molecule has 1 aliphatic rings. The molecule has 0 aliphatic carbocycles. The van der Waals surface area contributed by atoms with E-state index in [-0.39, 0.29) is 17.9 Å². The highest BCUT2D eigenvalue weighted by Gasteiger charge is 2.29. The van der Waals surface area contributed by atoms with Gasteiger partial charge < -0.3 is 14.6 Å². The normalized spacial score (nSPS) is 23.9. The van der Waals surface area contributed by atoms with Gasteiger partial charge in [-0.2, -0.15) is 0 Å². The first kappa shape index (κ1) is 13.1. The van der Waals surface area contributed by atoms with Crippen molar-refractivity contribution in [2.24, 2.45) is 5.92 Å². The van der Waals surface area contributed by atoms with Gasteiger partial charge in [-0.3, -0.25) is 4.79 Å². The molecular weight excluding hydrogens is 232 g/mol. The third kappa shape index (κ3) is 2.56. The number of aryl methyl sites for hydroxylation is 2. The van der Waals surface area contributed by atoms with Crippen LogP contribution in [-0.2, 0) is 16.0 Å². The molecule has 2 heterocycles. The second kappa shape index (κ2) is 5.52. The lowest BCUT2D eigenvalue weighted by Gasteiger charge is -2.27. The largest absolute Gasteiger partial charge is 0.378 e. The molecule has 100 valence electrons. The summed E-state index contributed by atoms with van der Waals surface area (Å²) in [6.07, 6.45) is 2.53. The molecule has 5 nitrogen and oxygen atoms in total. The van der Waals surface area contributed by atoms with Gasteiger partial charge >= 0.3 is 0 Å². The minimum absolute atomic E-state index is 0.00296. The predicted molar refractivity (Wildman–Crippen MR) is 67.4 cm³/mol. The molecule has 1 aliphatic heterocycles. The van der Waals surface area contributed by atoms with Gasteiger partial charge in [-0.15, -0.1) is 0 Å². The van der Waals surface area contributed by atoms with E-state index in [0.717, 1.165) is 37.3 Å². The van der Waals surface area contributed by atoms with Crippen molar-refractivity contribution in [3.05, 3.63) is 11.5 Å². The maximum Gasteiger partial charge on any atom is 0.230 e. The van der Waals surface area contributed by atoms with Crippen molar-refractivity contribution in [3.8, 4) is 0 Å². The van der Waals surface area contributed by atoms with Gasteiger partial charge in [-0.05, 0) is 33.1 Å². The van der Waals surface area contributed by atoms with E-state index in [1.165, 1.54) is 0 Å². The molecule has 0 radical (unpaired) electrons. The highest BCUT2D eigenvalue weighted by atomic mass is 16.5. The number of carbonyl (C=O) groups is 1. The summed E-state index contributed by atoms with van der Waals surface area (Å²) in [5.41, 5.74) is 1.52. The summed E-state index contributed by atoms with van der Waals surface area (Å²) in [4.78, 5) is 12.2. The van der Waals surface area contributed by atoms with E-state index in [1.807, 2.05) is 20.8 Å². The molecule has 5 heteroatoms. The minimum Gasteiger partial charge on any atom is -0.378 e. The zero-order valence-corrected chi connectivity index (χ0v) is 11.2. The number of ether oxygens (including phenoxy) is 1. The Kier molecular flexibility index (Phi) is 4.01. The van der Waals surface area contributed by atoms with E-state index in [0.29, 0.717) is 5.76 Å². The fraction of sp³-hybridized carbons (Fsp3) is 0.692. The Morgan fingerprint density at radius 1 is 1.56 bits per heavy atom. The number of hydrogen-bond donors (Lipinski definition) is 1. The quantitative estimate of drug-likeness (QED) is 0.896. The smallest absolute Gasteiger partial charge is 0.230 e. The van der Waals surface area contributed by atoms with Gasteiger partial charge in [0.05, 0.1) is 12.0 Å². The zero-order chi connectivity index (χ0) is 13.1. The topological polar surface area (TPSA) is 64.4 Å². The molecule has 0 aromatic carbocycles. The fourth-order valence-electron chi connectivity index (χ4n) is 2.30. The number of rotatable bonds is 3. The van der Waals surface area contributed by atoms with Gasteiger partial charge in [-0.1, -0.05) is 12.1 Å². The average molecular weight is 252 g/mol. The lowest BCUT2D eigenvalue weighted by atomic mass is 9.94. The lowest BCUT2D eigenvalue weighted by molar-refractivity contribution is -0.127. The van der Waals surface area contributed by atoms with E-state index < -0.39 is 0 Å². The van der Waals surface area contributed by atoms with E-state index in [2.05, 4.69) is 10.5 Å². The molecule has 1 fully saturated rings. The van der Waals surface area contributed by atoms with Crippen molar-refractivity contribution < 1.29 is 14.1 Å². The number of carbonyl (C=O) groups excluding carboxylic acids is 1. The molecule has 2 rings (SSSR count). The van der Waals surface area contributed by atoms with Gasteiger partial charge in [0.15, 0.2) is 5.76 Å². The zero-order valence-electron chi connectivity index (χ0n) is 11.2. The Balaban J connectivity index is 2.08. The van der Waals surface area contributed by atoms with Gasteiger partial charge in [0.25, 0.3) is 0 Å². The van der Waals surface area contributed by atoms with Crippen molar-refractivity contribution in [3.63, 3.8) is 0 Å². The Morgan fingerprint density at radius 3 is 3.00 bits per heavy atom. The van der Waals surface area contributed by atoms with Crippen LogP contribution in [0.1, 0.15) is 38.1 Å². The van der Waals surface area contributed by atoms with Gasteiger partial charge in [0, 0.05) is 6.61 Å². The molecule has 2 atom stereocenters. The second-order valence-electron chi connectivity index (χ2n) is 4.73. The number of anilines is 1. The maximum absolute atomic E-state index is 12.2. The standard InChI is InChI=1S/C13H20N2O3/c1-4-11-12(9(3)18-15-11)14-13(16)10-6-5-7-17-8(10)2/h8,10H,4-7H2,1-3H3,(H,14,16). The van der Waals surface area contributed by atoms with Crippen molar-refractivity contribution in [2.75, 3.05) is 11.9 Å². The third-order valence-corrected chi connectivity index (χ3v) is 3.46. The highest BCUT2D eigenvalue weighted by molar-refractivity contribution is 5.93. The van der Waals surface area contributed by atoms with Crippen LogP contribution in [0.15, 0.2) is 4.52 Å². The molecule has 0 saturated carbocycles. The minimum atomic E-state index is -0.0854. The van der Waals surface area contributed by atoms with Crippen molar-refractivity contribution >= 4 is 11.6 Å². The lowest BCUT2D eigenvalue weighted by Crippen LogP contribution is -2.36. The number of hydrogen-bond acceptors (Lipinski definition) is 4. The molecule has 2 unspecified atom stereocenters. The van der Waals surface area contributed by atoms with Crippen LogP contribution in [0.25, 0.3) is 0 Å². The Morgan fingerprint density at radius 2 is 2.33 bits per heavy atom. The van der Waals surface area contributed by atoms with Crippen LogP contribution in [-0.4, -0.2) is 23.8 Å². The van der Waals surface area contributed by atoms with Crippen LogP contribution in [0.4, 0.5) is 5.69 Å². The van der Waals surface area contributed by atoms with Crippen LogP contribution < -0.4 is 5.32 Å². The summed E-state index contributed by atoms with van der Waals surface area (Å²) in [6, 6.07) is 0. The van der Waals surface area contributed by atoms with E-state index in [9.17, 15) is 4.79 Å². The Labute approximate surface area is 107 Å².